The van der Waals surface area contributed by atoms with Crippen LogP contribution in [0, 0.1) is 6.92 Å². The van der Waals surface area contributed by atoms with Gasteiger partial charge in [-0.2, -0.15) is 0 Å². The third-order valence-corrected chi connectivity index (χ3v) is 5.89. The molecule has 0 radical (unpaired) electrons. The topological polar surface area (TPSA) is 67.4 Å². The van der Waals surface area contributed by atoms with Crippen molar-refractivity contribution < 1.29 is 14.3 Å². The average Bonchev–Trinajstić information content (AvgIpc) is 3.28. The fourth-order valence-corrected chi connectivity index (χ4v) is 4.57. The summed E-state index contributed by atoms with van der Waals surface area (Å²) in [5.74, 6) is 0.0459. The summed E-state index contributed by atoms with van der Waals surface area (Å²) in [5, 5.41) is 6.25. The molecule has 5 heteroatoms. The van der Waals surface area contributed by atoms with Crippen LogP contribution in [0.5, 0.6) is 0 Å². The van der Waals surface area contributed by atoms with Gasteiger partial charge in [0.25, 0.3) is 5.91 Å². The Hall–Kier alpha value is -1.88. The number of carbonyl (C=O) groups is 2. The molecule has 0 aromatic heterocycles. The van der Waals surface area contributed by atoms with Gasteiger partial charge in [0.05, 0.1) is 18.2 Å². The Morgan fingerprint density at radius 3 is 2.80 bits per heavy atom. The molecule has 0 bridgehead atoms. The van der Waals surface area contributed by atoms with Crippen molar-refractivity contribution in [2.24, 2.45) is 0 Å². The van der Waals surface area contributed by atoms with Crippen LogP contribution in [0.3, 0.4) is 0 Å². The van der Waals surface area contributed by atoms with Gasteiger partial charge in [-0.1, -0.05) is 6.07 Å². The number of benzene rings is 1. The molecule has 2 heterocycles. The molecular formula is C20H26N2O3. The first-order valence-electron chi connectivity index (χ1n) is 9.46. The standard InChI is InChI=1S/C20H26N2O3/c1-12-7-8-15(14-5-2-4-13(12)14)20(24)21-16-9-10-18(23)22-19(16)17-6-3-11-25-17/h7-8,16-17,19H,2-6,9-11H2,1H3,(H,21,24)(H,22,23)/t16-,17+,19+/m1/s1. The molecule has 2 aliphatic heterocycles. The second kappa shape index (κ2) is 6.79. The van der Waals surface area contributed by atoms with Gasteiger partial charge in [0, 0.05) is 18.6 Å². The van der Waals surface area contributed by atoms with E-state index in [1.165, 1.54) is 16.7 Å². The first kappa shape index (κ1) is 16.6. The summed E-state index contributed by atoms with van der Waals surface area (Å²) in [6, 6.07) is 3.83. The van der Waals surface area contributed by atoms with Crippen molar-refractivity contribution >= 4 is 11.8 Å². The maximum Gasteiger partial charge on any atom is 0.251 e. The second-order valence-corrected chi connectivity index (χ2v) is 7.50. The minimum atomic E-state index is -0.119. The zero-order valence-corrected chi connectivity index (χ0v) is 14.8. The van der Waals surface area contributed by atoms with Crippen LogP contribution in [0.1, 0.15) is 59.2 Å². The van der Waals surface area contributed by atoms with Crippen LogP contribution in [0.15, 0.2) is 12.1 Å². The first-order valence-corrected chi connectivity index (χ1v) is 9.46. The first-order chi connectivity index (χ1) is 12.1. The largest absolute Gasteiger partial charge is 0.376 e. The molecule has 4 rings (SSSR count). The lowest BCUT2D eigenvalue weighted by atomic mass is 9.91. The minimum Gasteiger partial charge on any atom is -0.376 e. The zero-order chi connectivity index (χ0) is 17.4. The van der Waals surface area contributed by atoms with E-state index >= 15 is 0 Å². The van der Waals surface area contributed by atoms with Gasteiger partial charge in [-0.05, 0) is 68.2 Å². The molecule has 25 heavy (non-hydrogen) atoms. The third-order valence-electron chi connectivity index (χ3n) is 5.89. The lowest BCUT2D eigenvalue weighted by Crippen LogP contribution is -2.60. The SMILES string of the molecule is Cc1ccc(C(=O)N[C@@H]2CCC(=O)N[C@@H]2[C@@H]2CCCO2)c2c1CCC2. The van der Waals surface area contributed by atoms with Gasteiger partial charge < -0.3 is 15.4 Å². The van der Waals surface area contributed by atoms with Crippen LogP contribution >= 0.6 is 0 Å². The number of ether oxygens (including phenoxy) is 1. The van der Waals surface area contributed by atoms with Crippen molar-refractivity contribution in [2.75, 3.05) is 6.61 Å². The molecular weight excluding hydrogens is 316 g/mol. The molecule has 2 amide bonds. The molecule has 0 spiro atoms. The van der Waals surface area contributed by atoms with Crippen molar-refractivity contribution in [2.45, 2.75) is 70.1 Å². The molecule has 1 aromatic carbocycles. The predicted octanol–water partition coefficient (Wildman–Crippen LogP) is 2.04. The predicted molar refractivity (Wildman–Crippen MR) is 94.6 cm³/mol. The lowest BCUT2D eigenvalue weighted by molar-refractivity contribution is -0.125. The summed E-state index contributed by atoms with van der Waals surface area (Å²) in [7, 11) is 0. The van der Waals surface area contributed by atoms with Gasteiger partial charge in [-0.15, -0.1) is 0 Å². The van der Waals surface area contributed by atoms with Crippen molar-refractivity contribution in [1.29, 1.82) is 0 Å². The number of hydrogen-bond donors (Lipinski definition) is 2. The Morgan fingerprint density at radius 1 is 1.16 bits per heavy atom. The smallest absolute Gasteiger partial charge is 0.251 e. The fraction of sp³-hybridized carbons (Fsp3) is 0.600. The van der Waals surface area contributed by atoms with E-state index in [0.29, 0.717) is 12.8 Å². The summed E-state index contributed by atoms with van der Waals surface area (Å²) in [4.78, 5) is 24.8. The zero-order valence-electron chi connectivity index (χ0n) is 14.8. The molecule has 1 aliphatic carbocycles. The van der Waals surface area contributed by atoms with Gasteiger partial charge in [0.15, 0.2) is 0 Å². The summed E-state index contributed by atoms with van der Waals surface area (Å²) in [6.07, 6.45) is 6.28. The molecule has 3 atom stereocenters. The molecule has 2 fully saturated rings. The second-order valence-electron chi connectivity index (χ2n) is 7.50. The average molecular weight is 342 g/mol. The molecule has 2 saturated heterocycles. The summed E-state index contributed by atoms with van der Waals surface area (Å²) in [5.41, 5.74) is 4.65. The van der Waals surface area contributed by atoms with E-state index in [1.807, 2.05) is 6.07 Å². The molecule has 3 aliphatic rings. The Balaban J connectivity index is 1.53. The lowest BCUT2D eigenvalue weighted by Gasteiger charge is -2.36. The molecule has 1 aromatic rings. The van der Waals surface area contributed by atoms with Gasteiger partial charge in [-0.25, -0.2) is 0 Å². The minimum absolute atomic E-state index is 0.0118. The number of hydrogen-bond acceptors (Lipinski definition) is 3. The monoisotopic (exact) mass is 342 g/mol. The van der Waals surface area contributed by atoms with Crippen LogP contribution < -0.4 is 10.6 Å². The Bertz CT molecular complexity index is 694. The van der Waals surface area contributed by atoms with Crippen LogP contribution in [-0.2, 0) is 22.4 Å². The maximum absolute atomic E-state index is 13.0. The number of amides is 2. The Morgan fingerprint density at radius 2 is 2.00 bits per heavy atom. The highest BCUT2D eigenvalue weighted by Gasteiger charge is 2.38. The fourth-order valence-electron chi connectivity index (χ4n) is 4.57. The number of nitrogens with one attached hydrogen (secondary N) is 2. The highest BCUT2D eigenvalue weighted by atomic mass is 16.5. The van der Waals surface area contributed by atoms with Crippen LogP contribution in [0.25, 0.3) is 0 Å². The van der Waals surface area contributed by atoms with Gasteiger partial charge in [-0.3, -0.25) is 9.59 Å². The van der Waals surface area contributed by atoms with E-state index in [2.05, 4.69) is 23.6 Å². The van der Waals surface area contributed by atoms with Crippen molar-refractivity contribution in [1.82, 2.24) is 10.6 Å². The Labute approximate surface area is 148 Å². The number of carbonyl (C=O) groups excluding carboxylic acids is 2. The van der Waals surface area contributed by atoms with Crippen molar-refractivity contribution in [3.63, 3.8) is 0 Å². The normalized spacial score (nSPS) is 28.5. The van der Waals surface area contributed by atoms with Crippen LogP contribution in [0.4, 0.5) is 0 Å². The van der Waals surface area contributed by atoms with Crippen LogP contribution in [-0.4, -0.2) is 36.6 Å². The highest BCUT2D eigenvalue weighted by Crippen LogP contribution is 2.29. The van der Waals surface area contributed by atoms with E-state index in [1.54, 1.807) is 0 Å². The molecule has 5 nitrogen and oxygen atoms in total. The van der Waals surface area contributed by atoms with Gasteiger partial charge in [0.2, 0.25) is 5.91 Å². The van der Waals surface area contributed by atoms with E-state index in [0.717, 1.165) is 44.3 Å². The number of piperidine rings is 1. The highest BCUT2D eigenvalue weighted by molar-refractivity contribution is 5.96. The van der Waals surface area contributed by atoms with Crippen molar-refractivity contribution in [3.8, 4) is 0 Å². The van der Waals surface area contributed by atoms with Crippen molar-refractivity contribution in [3.05, 3.63) is 34.4 Å². The van der Waals surface area contributed by atoms with Gasteiger partial charge >= 0.3 is 0 Å². The van der Waals surface area contributed by atoms with E-state index in [9.17, 15) is 9.59 Å². The maximum atomic E-state index is 13.0. The quantitative estimate of drug-likeness (QED) is 0.883. The molecule has 0 saturated carbocycles. The number of fused-ring (bicyclic) bond motifs is 1. The summed E-state index contributed by atoms with van der Waals surface area (Å²) >= 11 is 0. The summed E-state index contributed by atoms with van der Waals surface area (Å²) < 4.78 is 5.78. The Kier molecular flexibility index (Phi) is 4.50. The summed E-state index contributed by atoms with van der Waals surface area (Å²) in [6.45, 7) is 2.86. The molecule has 0 unspecified atom stereocenters. The van der Waals surface area contributed by atoms with E-state index in [4.69, 9.17) is 4.74 Å². The number of aryl methyl sites for hydroxylation is 1. The third kappa shape index (κ3) is 3.17. The van der Waals surface area contributed by atoms with E-state index in [-0.39, 0.29) is 30.0 Å². The number of rotatable bonds is 3. The molecule has 2 N–H and O–H groups in total. The molecule has 134 valence electrons. The van der Waals surface area contributed by atoms with E-state index < -0.39 is 0 Å². The van der Waals surface area contributed by atoms with Gasteiger partial charge in [0.1, 0.15) is 0 Å². The van der Waals surface area contributed by atoms with Crippen LogP contribution in [0.2, 0.25) is 0 Å².